The van der Waals surface area contributed by atoms with Crippen LogP contribution in [0.4, 0.5) is 5.69 Å². The van der Waals surface area contributed by atoms with E-state index in [2.05, 4.69) is 20.4 Å². The number of carbonyl (C=O) groups excluding carboxylic acids is 1. The van der Waals surface area contributed by atoms with Gasteiger partial charge in [-0.15, -0.1) is 0 Å². The van der Waals surface area contributed by atoms with E-state index in [4.69, 9.17) is 0 Å². The second-order valence-electron chi connectivity index (χ2n) is 5.93. The Morgan fingerprint density at radius 1 is 1.25 bits per heavy atom. The Morgan fingerprint density at radius 2 is 2.08 bits per heavy atom. The van der Waals surface area contributed by atoms with Gasteiger partial charge >= 0.3 is 0 Å². The summed E-state index contributed by atoms with van der Waals surface area (Å²) in [7, 11) is 0. The fourth-order valence-electron chi connectivity index (χ4n) is 3.13. The molecule has 2 N–H and O–H groups in total. The average Bonchev–Trinajstić information content (AvgIpc) is 2.91. The Kier molecular flexibility index (Phi) is 3.23. The molecule has 0 spiro atoms. The number of aryl methyl sites for hydroxylation is 3. The number of aromatic amines is 1. The molecule has 0 saturated heterocycles. The van der Waals surface area contributed by atoms with Crippen LogP contribution in [0.2, 0.25) is 0 Å². The van der Waals surface area contributed by atoms with Crippen LogP contribution in [0, 0.1) is 6.92 Å². The Labute approximate surface area is 137 Å². The molecule has 7 nitrogen and oxygen atoms in total. The van der Waals surface area contributed by atoms with Gasteiger partial charge in [-0.25, -0.2) is 4.98 Å². The van der Waals surface area contributed by atoms with Gasteiger partial charge in [0.05, 0.1) is 5.69 Å². The van der Waals surface area contributed by atoms with Crippen molar-refractivity contribution in [2.75, 3.05) is 5.32 Å². The van der Waals surface area contributed by atoms with E-state index >= 15 is 0 Å². The zero-order valence-electron chi connectivity index (χ0n) is 13.5. The zero-order valence-corrected chi connectivity index (χ0v) is 13.5. The first-order chi connectivity index (χ1) is 11.6. The molecule has 0 fully saturated rings. The predicted molar refractivity (Wildman–Crippen MR) is 90.9 cm³/mol. The SMILES string of the molecule is CCn1nc(C)c2nc(-c3ccc4c(c3)CCC(=O)N4)[nH]c(=O)c21. The molecule has 1 amide bonds. The van der Waals surface area contributed by atoms with Crippen molar-refractivity contribution in [2.24, 2.45) is 0 Å². The number of carbonyl (C=O) groups is 1. The first-order valence-corrected chi connectivity index (χ1v) is 7.97. The summed E-state index contributed by atoms with van der Waals surface area (Å²) in [6.07, 6.45) is 1.16. The molecule has 0 saturated carbocycles. The van der Waals surface area contributed by atoms with Crippen molar-refractivity contribution in [1.82, 2.24) is 19.7 Å². The van der Waals surface area contributed by atoms with Crippen LogP contribution in [-0.2, 0) is 17.8 Å². The number of benzene rings is 1. The number of H-pyrrole nitrogens is 1. The summed E-state index contributed by atoms with van der Waals surface area (Å²) < 4.78 is 1.67. The highest BCUT2D eigenvalue weighted by Gasteiger charge is 2.17. The monoisotopic (exact) mass is 323 g/mol. The first kappa shape index (κ1) is 14.6. The van der Waals surface area contributed by atoms with Crippen LogP contribution in [0.25, 0.3) is 22.4 Å². The summed E-state index contributed by atoms with van der Waals surface area (Å²) in [5.41, 5.74) is 4.38. The fraction of sp³-hybridized carbons (Fsp3) is 0.294. The van der Waals surface area contributed by atoms with Crippen molar-refractivity contribution in [2.45, 2.75) is 33.2 Å². The van der Waals surface area contributed by atoms with Crippen LogP contribution in [0.5, 0.6) is 0 Å². The average molecular weight is 323 g/mol. The minimum Gasteiger partial charge on any atom is -0.326 e. The van der Waals surface area contributed by atoms with Gasteiger partial charge in [0, 0.05) is 24.2 Å². The Balaban J connectivity index is 1.87. The summed E-state index contributed by atoms with van der Waals surface area (Å²) in [6.45, 7) is 4.41. The fourth-order valence-corrected chi connectivity index (χ4v) is 3.13. The molecule has 122 valence electrons. The summed E-state index contributed by atoms with van der Waals surface area (Å²) in [6, 6.07) is 5.68. The Hall–Kier alpha value is -2.96. The van der Waals surface area contributed by atoms with E-state index in [9.17, 15) is 9.59 Å². The first-order valence-electron chi connectivity index (χ1n) is 7.97. The van der Waals surface area contributed by atoms with Crippen LogP contribution in [-0.4, -0.2) is 25.7 Å². The van der Waals surface area contributed by atoms with Crippen LogP contribution >= 0.6 is 0 Å². The highest BCUT2D eigenvalue weighted by atomic mass is 16.1. The second-order valence-corrected chi connectivity index (χ2v) is 5.93. The topological polar surface area (TPSA) is 92.7 Å². The number of fused-ring (bicyclic) bond motifs is 2. The van der Waals surface area contributed by atoms with E-state index in [0.717, 1.165) is 22.5 Å². The molecule has 0 unspecified atom stereocenters. The molecule has 0 bridgehead atoms. The maximum absolute atomic E-state index is 12.5. The number of nitrogens with zero attached hydrogens (tertiary/aromatic N) is 3. The number of anilines is 1. The van der Waals surface area contributed by atoms with Gasteiger partial charge in [0.15, 0.2) is 5.52 Å². The zero-order chi connectivity index (χ0) is 16.8. The van der Waals surface area contributed by atoms with Gasteiger partial charge in [0.25, 0.3) is 5.56 Å². The Morgan fingerprint density at radius 3 is 2.88 bits per heavy atom. The third-order valence-electron chi connectivity index (χ3n) is 4.34. The number of amides is 1. The molecule has 2 aromatic heterocycles. The van der Waals surface area contributed by atoms with Gasteiger partial charge in [-0.2, -0.15) is 5.10 Å². The molecule has 1 aromatic carbocycles. The maximum atomic E-state index is 12.5. The van der Waals surface area contributed by atoms with Gasteiger partial charge in [0.2, 0.25) is 5.91 Å². The summed E-state index contributed by atoms with van der Waals surface area (Å²) in [5, 5.41) is 7.22. The molecule has 0 atom stereocenters. The molecular weight excluding hydrogens is 306 g/mol. The van der Waals surface area contributed by atoms with Crippen molar-refractivity contribution < 1.29 is 4.79 Å². The molecule has 4 rings (SSSR count). The minimum atomic E-state index is -0.191. The van der Waals surface area contributed by atoms with E-state index in [0.29, 0.717) is 36.2 Å². The second kappa shape index (κ2) is 5.30. The molecule has 3 aromatic rings. The van der Waals surface area contributed by atoms with E-state index < -0.39 is 0 Å². The molecule has 7 heteroatoms. The molecule has 0 aliphatic carbocycles. The molecule has 3 heterocycles. The van der Waals surface area contributed by atoms with E-state index in [1.807, 2.05) is 32.0 Å². The third-order valence-corrected chi connectivity index (χ3v) is 4.34. The van der Waals surface area contributed by atoms with E-state index in [1.54, 1.807) is 4.68 Å². The number of hydrogen-bond donors (Lipinski definition) is 2. The summed E-state index contributed by atoms with van der Waals surface area (Å²) in [5.74, 6) is 0.553. The van der Waals surface area contributed by atoms with Crippen LogP contribution < -0.4 is 10.9 Å². The number of rotatable bonds is 2. The van der Waals surface area contributed by atoms with Gasteiger partial charge in [-0.3, -0.25) is 14.3 Å². The van der Waals surface area contributed by atoms with Gasteiger partial charge in [0.1, 0.15) is 11.3 Å². The van der Waals surface area contributed by atoms with Gasteiger partial charge in [-0.1, -0.05) is 0 Å². The van der Waals surface area contributed by atoms with Crippen LogP contribution in [0.15, 0.2) is 23.0 Å². The lowest BCUT2D eigenvalue weighted by molar-refractivity contribution is -0.116. The summed E-state index contributed by atoms with van der Waals surface area (Å²) in [4.78, 5) is 31.4. The Bertz CT molecular complexity index is 1030. The maximum Gasteiger partial charge on any atom is 0.277 e. The lowest BCUT2D eigenvalue weighted by Crippen LogP contribution is -2.19. The highest BCUT2D eigenvalue weighted by Crippen LogP contribution is 2.27. The largest absolute Gasteiger partial charge is 0.326 e. The molecular formula is C17H17N5O2. The van der Waals surface area contributed by atoms with E-state index in [1.165, 1.54) is 0 Å². The lowest BCUT2D eigenvalue weighted by atomic mass is 10.00. The van der Waals surface area contributed by atoms with Crippen LogP contribution in [0.1, 0.15) is 24.6 Å². The molecule has 24 heavy (non-hydrogen) atoms. The molecule has 0 radical (unpaired) electrons. The third kappa shape index (κ3) is 2.20. The van der Waals surface area contributed by atoms with Gasteiger partial charge in [-0.05, 0) is 44.0 Å². The van der Waals surface area contributed by atoms with Crippen molar-refractivity contribution >= 4 is 22.6 Å². The standard InChI is InChI=1S/C17H17N5O2/c1-3-22-15-14(9(2)21-22)19-16(20-17(15)24)11-4-6-12-10(8-11)5-7-13(23)18-12/h4,6,8H,3,5,7H2,1-2H3,(H,18,23)(H,19,20,24). The van der Waals surface area contributed by atoms with Crippen molar-refractivity contribution in [3.05, 3.63) is 39.8 Å². The van der Waals surface area contributed by atoms with E-state index in [-0.39, 0.29) is 11.5 Å². The normalized spacial score (nSPS) is 13.8. The minimum absolute atomic E-state index is 0.0332. The van der Waals surface area contributed by atoms with Crippen LogP contribution in [0.3, 0.4) is 0 Å². The molecule has 1 aliphatic rings. The number of aromatic nitrogens is 4. The van der Waals surface area contributed by atoms with Crippen molar-refractivity contribution in [3.8, 4) is 11.4 Å². The van der Waals surface area contributed by atoms with Gasteiger partial charge < -0.3 is 10.3 Å². The summed E-state index contributed by atoms with van der Waals surface area (Å²) >= 11 is 0. The van der Waals surface area contributed by atoms with Crippen molar-refractivity contribution in [1.29, 1.82) is 0 Å². The number of hydrogen-bond acceptors (Lipinski definition) is 4. The quantitative estimate of drug-likeness (QED) is 0.754. The smallest absolute Gasteiger partial charge is 0.277 e. The van der Waals surface area contributed by atoms with Crippen molar-refractivity contribution in [3.63, 3.8) is 0 Å². The predicted octanol–water partition coefficient (Wildman–Crippen LogP) is 2.00. The lowest BCUT2D eigenvalue weighted by Gasteiger charge is -2.17. The highest BCUT2D eigenvalue weighted by molar-refractivity contribution is 5.94. The number of nitrogens with one attached hydrogen (secondary N) is 2. The molecule has 1 aliphatic heterocycles.